The van der Waals surface area contributed by atoms with Gasteiger partial charge in [0.2, 0.25) is 5.91 Å². The number of hydrogen-bond acceptors (Lipinski definition) is 5. The molecule has 82 valence electrons. The van der Waals surface area contributed by atoms with Gasteiger partial charge in [0, 0.05) is 0 Å². The van der Waals surface area contributed by atoms with E-state index in [0.29, 0.717) is 5.03 Å². The van der Waals surface area contributed by atoms with E-state index < -0.39 is 0 Å². The molecule has 0 unspecified atom stereocenters. The molecule has 0 atom stereocenters. The molecule has 0 bridgehead atoms. The molecule has 0 spiro atoms. The molecule has 0 aliphatic rings. The first kappa shape index (κ1) is 11.1. The number of thiophene rings is 1. The van der Waals surface area contributed by atoms with Crippen molar-refractivity contribution in [2.75, 3.05) is 5.75 Å². The smallest absolute Gasteiger partial charge is 0.227 e. The number of nitrogens with two attached hydrogens (primary N) is 1. The number of primary amides is 1. The predicted molar refractivity (Wildman–Crippen MR) is 65.3 cm³/mol. The highest BCUT2D eigenvalue weighted by Gasteiger charge is 2.03. The molecule has 0 aromatic carbocycles. The minimum atomic E-state index is -0.353. The summed E-state index contributed by atoms with van der Waals surface area (Å²) in [6, 6.07) is 7.69. The first-order valence-corrected chi connectivity index (χ1v) is 6.41. The van der Waals surface area contributed by atoms with E-state index in [1.165, 1.54) is 11.8 Å². The van der Waals surface area contributed by atoms with Gasteiger partial charge in [-0.25, -0.2) is 0 Å². The molecule has 2 N–H and O–H groups in total. The van der Waals surface area contributed by atoms with Crippen molar-refractivity contribution in [2.24, 2.45) is 5.73 Å². The van der Waals surface area contributed by atoms with Crippen molar-refractivity contribution in [3.05, 3.63) is 29.6 Å². The summed E-state index contributed by atoms with van der Waals surface area (Å²) in [4.78, 5) is 11.7. The van der Waals surface area contributed by atoms with E-state index >= 15 is 0 Å². The summed E-state index contributed by atoms with van der Waals surface area (Å²) in [5.41, 5.74) is 5.89. The minimum absolute atomic E-state index is 0.229. The normalized spacial score (nSPS) is 10.2. The lowest BCUT2D eigenvalue weighted by atomic mass is 10.3. The van der Waals surface area contributed by atoms with E-state index in [1.54, 1.807) is 11.3 Å². The third-order valence-electron chi connectivity index (χ3n) is 1.78. The molecule has 2 rings (SSSR count). The molecule has 6 heteroatoms. The highest BCUT2D eigenvalue weighted by atomic mass is 32.2. The van der Waals surface area contributed by atoms with E-state index in [-0.39, 0.29) is 11.7 Å². The van der Waals surface area contributed by atoms with E-state index in [2.05, 4.69) is 10.2 Å². The van der Waals surface area contributed by atoms with Gasteiger partial charge >= 0.3 is 0 Å². The summed E-state index contributed by atoms with van der Waals surface area (Å²) in [5.74, 6) is -0.123. The van der Waals surface area contributed by atoms with Crippen LogP contribution in [0.5, 0.6) is 0 Å². The molecule has 0 saturated carbocycles. The van der Waals surface area contributed by atoms with Gasteiger partial charge in [-0.3, -0.25) is 4.79 Å². The Labute approximate surface area is 101 Å². The van der Waals surface area contributed by atoms with Crippen LogP contribution in [-0.2, 0) is 4.79 Å². The summed E-state index contributed by atoms with van der Waals surface area (Å²) < 4.78 is 0. The molecule has 0 saturated heterocycles. The third-order valence-corrected chi connectivity index (χ3v) is 3.61. The zero-order chi connectivity index (χ0) is 11.4. The van der Waals surface area contributed by atoms with Crippen LogP contribution in [0, 0.1) is 0 Å². The number of aromatic nitrogens is 2. The van der Waals surface area contributed by atoms with E-state index in [1.807, 2.05) is 29.6 Å². The Balaban J connectivity index is 2.08. The molecular formula is C10H9N3OS2. The molecule has 4 nitrogen and oxygen atoms in total. The van der Waals surface area contributed by atoms with Gasteiger partial charge in [-0.05, 0) is 23.6 Å². The third kappa shape index (κ3) is 2.80. The van der Waals surface area contributed by atoms with Gasteiger partial charge in [0.1, 0.15) is 10.7 Å². The fourth-order valence-electron chi connectivity index (χ4n) is 1.10. The lowest BCUT2D eigenvalue weighted by molar-refractivity contribution is -0.115. The van der Waals surface area contributed by atoms with Crippen LogP contribution in [0.4, 0.5) is 0 Å². The lowest BCUT2D eigenvalue weighted by Crippen LogP contribution is -2.13. The van der Waals surface area contributed by atoms with Crippen LogP contribution in [-0.4, -0.2) is 21.9 Å². The number of thioether (sulfide) groups is 1. The number of carbonyl (C=O) groups excluding carboxylic acids is 1. The van der Waals surface area contributed by atoms with Crippen LogP contribution in [0.15, 0.2) is 34.7 Å². The summed E-state index contributed by atoms with van der Waals surface area (Å²) in [5, 5.41) is 10.8. The van der Waals surface area contributed by atoms with E-state index in [9.17, 15) is 4.79 Å². The summed E-state index contributed by atoms with van der Waals surface area (Å²) in [6.07, 6.45) is 0. The van der Waals surface area contributed by atoms with Crippen molar-refractivity contribution < 1.29 is 4.79 Å². The lowest BCUT2D eigenvalue weighted by Gasteiger charge is -1.98. The van der Waals surface area contributed by atoms with Crippen molar-refractivity contribution in [1.29, 1.82) is 0 Å². The molecule has 1 amide bonds. The van der Waals surface area contributed by atoms with Crippen LogP contribution >= 0.6 is 23.1 Å². The Bertz CT molecular complexity index is 467. The maximum Gasteiger partial charge on any atom is 0.227 e. The summed E-state index contributed by atoms with van der Waals surface area (Å²) >= 11 is 2.91. The molecule has 0 aliphatic heterocycles. The number of nitrogens with zero attached hydrogens (tertiary/aromatic N) is 2. The molecule has 0 fully saturated rings. The van der Waals surface area contributed by atoms with Crippen molar-refractivity contribution in [2.45, 2.75) is 5.03 Å². The topological polar surface area (TPSA) is 68.9 Å². The first-order chi connectivity index (χ1) is 7.75. The van der Waals surface area contributed by atoms with Gasteiger partial charge in [-0.1, -0.05) is 17.8 Å². The number of rotatable bonds is 4. The molecule has 0 aliphatic carbocycles. The second-order valence-electron chi connectivity index (χ2n) is 2.99. The Morgan fingerprint density at radius 2 is 2.25 bits per heavy atom. The Hall–Kier alpha value is -1.40. The zero-order valence-corrected chi connectivity index (χ0v) is 9.92. The van der Waals surface area contributed by atoms with Gasteiger partial charge in [-0.15, -0.1) is 21.5 Å². The van der Waals surface area contributed by atoms with Gasteiger partial charge in [-0.2, -0.15) is 0 Å². The molecule has 0 radical (unpaired) electrons. The second-order valence-corrected chi connectivity index (χ2v) is 4.93. The Morgan fingerprint density at radius 3 is 2.81 bits per heavy atom. The fourth-order valence-corrected chi connectivity index (χ4v) is 2.34. The van der Waals surface area contributed by atoms with Crippen LogP contribution in [0.3, 0.4) is 0 Å². The monoisotopic (exact) mass is 251 g/mol. The molecule has 16 heavy (non-hydrogen) atoms. The number of amides is 1. The van der Waals surface area contributed by atoms with E-state index in [0.717, 1.165) is 10.6 Å². The van der Waals surface area contributed by atoms with Gasteiger partial charge in [0.15, 0.2) is 0 Å². The Morgan fingerprint density at radius 1 is 1.38 bits per heavy atom. The average Bonchev–Trinajstić information content (AvgIpc) is 2.80. The van der Waals surface area contributed by atoms with Crippen molar-refractivity contribution in [3.63, 3.8) is 0 Å². The summed E-state index contributed by atoms with van der Waals surface area (Å²) in [6.45, 7) is 0. The van der Waals surface area contributed by atoms with Crippen molar-refractivity contribution >= 4 is 29.0 Å². The molecule has 2 aromatic rings. The number of hydrogen-bond donors (Lipinski definition) is 1. The van der Waals surface area contributed by atoms with Crippen LogP contribution in [0.25, 0.3) is 10.6 Å². The second kappa shape index (κ2) is 5.09. The van der Waals surface area contributed by atoms with Gasteiger partial charge in [0.05, 0.1) is 10.6 Å². The maximum atomic E-state index is 10.6. The highest BCUT2D eigenvalue weighted by Crippen LogP contribution is 2.23. The molecule has 2 heterocycles. The van der Waals surface area contributed by atoms with Crippen LogP contribution in [0.1, 0.15) is 0 Å². The number of carbonyl (C=O) groups is 1. The average molecular weight is 251 g/mol. The zero-order valence-electron chi connectivity index (χ0n) is 8.29. The minimum Gasteiger partial charge on any atom is -0.369 e. The SMILES string of the molecule is NC(=O)CSc1ccc(-c2cccs2)nn1. The fraction of sp³-hybridized carbons (Fsp3) is 0.100. The highest BCUT2D eigenvalue weighted by molar-refractivity contribution is 7.99. The van der Waals surface area contributed by atoms with E-state index in [4.69, 9.17) is 5.73 Å². The standard InChI is InChI=1S/C10H9N3OS2/c11-9(14)6-16-10-4-3-7(12-13-10)8-2-1-5-15-8/h1-5H,6H2,(H2,11,14). The largest absolute Gasteiger partial charge is 0.369 e. The van der Waals surface area contributed by atoms with Gasteiger partial charge in [0.25, 0.3) is 0 Å². The quantitative estimate of drug-likeness (QED) is 0.841. The van der Waals surface area contributed by atoms with Crippen molar-refractivity contribution in [3.8, 4) is 10.6 Å². The van der Waals surface area contributed by atoms with Gasteiger partial charge < -0.3 is 5.73 Å². The first-order valence-electron chi connectivity index (χ1n) is 4.54. The Kier molecular flexibility index (Phi) is 3.53. The van der Waals surface area contributed by atoms with Crippen LogP contribution < -0.4 is 5.73 Å². The maximum absolute atomic E-state index is 10.6. The molecular weight excluding hydrogens is 242 g/mol. The predicted octanol–water partition coefficient (Wildman–Crippen LogP) is 1.78. The summed E-state index contributed by atoms with van der Waals surface area (Å²) in [7, 11) is 0. The van der Waals surface area contributed by atoms with Crippen molar-refractivity contribution in [1.82, 2.24) is 10.2 Å². The van der Waals surface area contributed by atoms with Crippen LogP contribution in [0.2, 0.25) is 0 Å². The molecule has 2 aromatic heterocycles.